The molecule has 88 valence electrons. The zero-order chi connectivity index (χ0) is 11.9. The molecule has 1 rings (SSSR count). The van der Waals surface area contributed by atoms with Gasteiger partial charge in [-0.25, -0.2) is 0 Å². The van der Waals surface area contributed by atoms with Crippen LogP contribution in [-0.4, -0.2) is 32.4 Å². The summed E-state index contributed by atoms with van der Waals surface area (Å²) in [6, 6.07) is 0. The first kappa shape index (κ1) is 12.5. The van der Waals surface area contributed by atoms with Crippen LogP contribution in [0.3, 0.4) is 0 Å². The second-order valence-corrected chi connectivity index (χ2v) is 5.81. The van der Waals surface area contributed by atoms with Gasteiger partial charge in [0.15, 0.2) is 0 Å². The Bertz CT molecular complexity index is 243. The van der Waals surface area contributed by atoms with E-state index in [2.05, 4.69) is 0 Å². The summed E-state index contributed by atoms with van der Waals surface area (Å²) in [6.45, 7) is 7.79. The summed E-state index contributed by atoms with van der Waals surface area (Å²) >= 11 is 0. The maximum atomic E-state index is 10.7. The van der Waals surface area contributed by atoms with Gasteiger partial charge in [-0.1, -0.05) is 0 Å². The van der Waals surface area contributed by atoms with Crippen LogP contribution in [0.5, 0.6) is 0 Å². The van der Waals surface area contributed by atoms with Gasteiger partial charge in [0.25, 0.3) is 0 Å². The van der Waals surface area contributed by atoms with E-state index in [1.54, 1.807) is 0 Å². The lowest BCUT2D eigenvalue weighted by atomic mass is 9.74. The van der Waals surface area contributed by atoms with Crippen molar-refractivity contribution in [2.75, 3.05) is 0 Å². The molecule has 0 bridgehead atoms. The maximum absolute atomic E-state index is 10.7. The lowest BCUT2D eigenvalue weighted by Crippen LogP contribution is -2.59. The van der Waals surface area contributed by atoms with Crippen LogP contribution in [0.1, 0.15) is 47.0 Å². The first-order valence-electron chi connectivity index (χ1n) is 5.36. The third-order valence-corrected chi connectivity index (χ3v) is 3.19. The van der Waals surface area contributed by atoms with Gasteiger partial charge in [-0.3, -0.25) is 4.79 Å². The summed E-state index contributed by atoms with van der Waals surface area (Å²) in [5.41, 5.74) is -0.691. The summed E-state index contributed by atoms with van der Waals surface area (Å²) < 4.78 is 0. The van der Waals surface area contributed by atoms with Crippen molar-refractivity contribution in [2.45, 2.75) is 58.0 Å². The minimum atomic E-state index is -0.752. The van der Waals surface area contributed by atoms with Crippen molar-refractivity contribution in [3.05, 3.63) is 0 Å². The molecule has 4 nitrogen and oxygen atoms in total. The zero-order valence-corrected chi connectivity index (χ0v) is 9.95. The van der Waals surface area contributed by atoms with Gasteiger partial charge in [-0.05, 0) is 46.5 Å². The van der Waals surface area contributed by atoms with Crippen LogP contribution < -0.4 is 0 Å². The number of piperidine rings is 1. The summed E-state index contributed by atoms with van der Waals surface area (Å²) in [7, 11) is 0. The molecule has 0 atom stereocenters. The van der Waals surface area contributed by atoms with Crippen LogP contribution in [0.15, 0.2) is 0 Å². The highest BCUT2D eigenvalue weighted by Gasteiger charge is 2.45. The highest BCUT2D eigenvalue weighted by atomic mass is 16.5. The molecule has 0 radical (unpaired) electrons. The predicted octanol–water partition coefficient (Wildman–Crippen LogP) is 2.12. The molecular weight excluding hydrogens is 194 g/mol. The fraction of sp³-hybridized carbons (Fsp3) is 0.909. The standard InChI is InChI=1S/C11H21NO3/c1-10(2)6-8(5-9(13)14)7-11(3,4)12(10)15/h8,15H,5-7H2,1-4H3,(H,13,14). The topological polar surface area (TPSA) is 60.8 Å². The summed E-state index contributed by atoms with van der Waals surface area (Å²) in [4.78, 5) is 10.7. The van der Waals surface area contributed by atoms with Crippen LogP contribution in [0.4, 0.5) is 0 Å². The Kier molecular flexibility index (Phi) is 3.12. The van der Waals surface area contributed by atoms with Gasteiger partial charge in [0.05, 0.1) is 0 Å². The van der Waals surface area contributed by atoms with Gasteiger partial charge < -0.3 is 10.3 Å². The van der Waals surface area contributed by atoms with Crippen molar-refractivity contribution in [3.63, 3.8) is 0 Å². The van der Waals surface area contributed by atoms with Gasteiger partial charge in [0.2, 0.25) is 0 Å². The Morgan fingerprint density at radius 1 is 1.27 bits per heavy atom. The Labute approximate surface area is 90.8 Å². The third-order valence-electron chi connectivity index (χ3n) is 3.19. The number of rotatable bonds is 2. The number of hydrogen-bond acceptors (Lipinski definition) is 3. The average molecular weight is 215 g/mol. The van der Waals surface area contributed by atoms with Crippen LogP contribution >= 0.6 is 0 Å². The van der Waals surface area contributed by atoms with Crippen LogP contribution in [0.25, 0.3) is 0 Å². The van der Waals surface area contributed by atoms with E-state index in [0.29, 0.717) is 0 Å². The average Bonchev–Trinajstić information content (AvgIpc) is 1.97. The van der Waals surface area contributed by atoms with Crippen LogP contribution in [-0.2, 0) is 4.79 Å². The number of hydrogen-bond donors (Lipinski definition) is 2. The van der Waals surface area contributed by atoms with Crippen molar-refractivity contribution in [2.24, 2.45) is 5.92 Å². The minimum absolute atomic E-state index is 0.149. The maximum Gasteiger partial charge on any atom is 0.303 e. The second kappa shape index (κ2) is 3.76. The highest BCUT2D eigenvalue weighted by molar-refractivity contribution is 5.67. The van der Waals surface area contributed by atoms with Crippen molar-refractivity contribution >= 4 is 5.97 Å². The van der Waals surface area contributed by atoms with E-state index in [-0.39, 0.29) is 23.4 Å². The number of nitrogens with zero attached hydrogens (tertiary/aromatic N) is 1. The molecule has 0 aromatic carbocycles. The number of hydroxylamine groups is 2. The molecule has 0 saturated carbocycles. The molecule has 15 heavy (non-hydrogen) atoms. The van der Waals surface area contributed by atoms with E-state index < -0.39 is 5.97 Å². The Morgan fingerprint density at radius 2 is 1.67 bits per heavy atom. The predicted molar refractivity (Wildman–Crippen MR) is 56.8 cm³/mol. The second-order valence-electron chi connectivity index (χ2n) is 5.81. The molecule has 0 aliphatic carbocycles. The van der Waals surface area contributed by atoms with E-state index in [1.165, 1.54) is 5.06 Å². The molecule has 0 spiro atoms. The zero-order valence-electron chi connectivity index (χ0n) is 9.95. The summed E-state index contributed by atoms with van der Waals surface area (Å²) in [6.07, 6.45) is 1.64. The van der Waals surface area contributed by atoms with Gasteiger partial charge in [0.1, 0.15) is 0 Å². The van der Waals surface area contributed by atoms with Gasteiger partial charge >= 0.3 is 5.97 Å². The Balaban J connectivity index is 2.79. The van der Waals surface area contributed by atoms with E-state index >= 15 is 0 Å². The fourth-order valence-electron chi connectivity index (χ4n) is 2.87. The van der Waals surface area contributed by atoms with E-state index in [4.69, 9.17) is 5.11 Å². The normalized spacial score (nSPS) is 26.5. The minimum Gasteiger partial charge on any atom is -0.481 e. The van der Waals surface area contributed by atoms with E-state index in [9.17, 15) is 10.0 Å². The van der Waals surface area contributed by atoms with Gasteiger partial charge in [-0.15, -0.1) is 0 Å². The van der Waals surface area contributed by atoms with E-state index in [1.807, 2.05) is 27.7 Å². The van der Waals surface area contributed by atoms with Crippen molar-refractivity contribution in [1.82, 2.24) is 5.06 Å². The molecule has 0 aromatic heterocycles. The number of carbonyl (C=O) groups is 1. The largest absolute Gasteiger partial charge is 0.481 e. The molecule has 0 amide bonds. The molecular formula is C11H21NO3. The molecule has 1 saturated heterocycles. The van der Waals surface area contributed by atoms with Crippen molar-refractivity contribution in [1.29, 1.82) is 0 Å². The Morgan fingerprint density at radius 3 is 2.00 bits per heavy atom. The quantitative estimate of drug-likeness (QED) is 0.740. The molecule has 0 unspecified atom stereocenters. The van der Waals surface area contributed by atoms with Crippen molar-refractivity contribution in [3.8, 4) is 0 Å². The molecule has 4 heteroatoms. The molecule has 1 heterocycles. The molecule has 1 aliphatic rings. The lowest BCUT2D eigenvalue weighted by molar-refractivity contribution is -0.251. The van der Waals surface area contributed by atoms with E-state index in [0.717, 1.165) is 12.8 Å². The van der Waals surface area contributed by atoms with Crippen molar-refractivity contribution < 1.29 is 15.1 Å². The number of aliphatic carboxylic acids is 1. The van der Waals surface area contributed by atoms with Crippen LogP contribution in [0, 0.1) is 5.92 Å². The molecule has 1 fully saturated rings. The summed E-state index contributed by atoms with van der Waals surface area (Å²) in [5.74, 6) is -0.603. The highest BCUT2D eigenvalue weighted by Crippen LogP contribution is 2.40. The third kappa shape index (κ3) is 2.69. The molecule has 1 aliphatic heterocycles. The fourth-order valence-corrected chi connectivity index (χ4v) is 2.87. The Hall–Kier alpha value is -0.610. The smallest absolute Gasteiger partial charge is 0.303 e. The first-order valence-corrected chi connectivity index (χ1v) is 5.36. The lowest BCUT2D eigenvalue weighted by Gasteiger charge is -2.51. The van der Waals surface area contributed by atoms with Crippen LogP contribution in [0.2, 0.25) is 0 Å². The number of carboxylic acids is 1. The first-order chi connectivity index (χ1) is 6.65. The van der Waals surface area contributed by atoms with Gasteiger partial charge in [-0.2, -0.15) is 5.06 Å². The molecule has 0 aromatic rings. The number of carboxylic acid groups (broad SMARTS) is 1. The summed E-state index contributed by atoms with van der Waals surface area (Å²) in [5, 5.41) is 20.2. The monoisotopic (exact) mass is 215 g/mol. The van der Waals surface area contributed by atoms with Gasteiger partial charge in [0, 0.05) is 17.5 Å². The SMILES string of the molecule is CC1(C)CC(CC(=O)O)CC(C)(C)N1O. The molecule has 2 N–H and O–H groups in total.